The Kier molecular flexibility index (Phi) is 4.43. The number of fused-ring (bicyclic) bond motifs is 1. The number of aromatic amines is 1. The molecule has 3 heterocycles. The number of aryl methyl sites for hydroxylation is 1. The Morgan fingerprint density at radius 2 is 2.08 bits per heavy atom. The van der Waals surface area contributed by atoms with Gasteiger partial charge in [0.2, 0.25) is 5.13 Å². The lowest BCUT2D eigenvalue weighted by molar-refractivity contribution is 0.871. The number of benzene rings is 1. The van der Waals surface area contributed by atoms with E-state index in [4.69, 9.17) is 17.3 Å². The summed E-state index contributed by atoms with van der Waals surface area (Å²) in [5, 5.41) is 11.9. The van der Waals surface area contributed by atoms with E-state index in [9.17, 15) is 4.79 Å². The van der Waals surface area contributed by atoms with Crippen LogP contribution in [0.2, 0.25) is 5.02 Å². The Bertz CT molecular complexity index is 1150. The average Bonchev–Trinajstić information content (AvgIpc) is 3.17. The van der Waals surface area contributed by atoms with Crippen molar-refractivity contribution in [3.8, 4) is 11.1 Å². The van der Waals surface area contributed by atoms with E-state index in [0.29, 0.717) is 27.2 Å². The first-order chi connectivity index (χ1) is 12.5. The molecule has 3 N–H and O–H groups in total. The number of aromatic nitrogens is 5. The molecular weight excluding hydrogens is 392 g/mol. The fraction of sp³-hybridized carbons (Fsp3) is 0.125. The maximum absolute atomic E-state index is 12.5. The molecule has 0 saturated heterocycles. The van der Waals surface area contributed by atoms with Gasteiger partial charge >= 0.3 is 0 Å². The number of rotatable bonds is 4. The predicted octanol–water partition coefficient (Wildman–Crippen LogP) is 3.38. The summed E-state index contributed by atoms with van der Waals surface area (Å²) >= 11 is 8.74. The van der Waals surface area contributed by atoms with Gasteiger partial charge < -0.3 is 5.73 Å². The molecular formula is C16H13ClN6OS2. The van der Waals surface area contributed by atoms with E-state index >= 15 is 0 Å². The second-order valence-corrected chi connectivity index (χ2v) is 8.23. The number of anilines is 1. The van der Waals surface area contributed by atoms with Gasteiger partial charge in [0, 0.05) is 28.1 Å². The number of nitrogens with zero attached hydrogens (tertiary/aromatic N) is 4. The summed E-state index contributed by atoms with van der Waals surface area (Å²) in [6, 6.07) is 8.98. The van der Waals surface area contributed by atoms with Crippen LogP contribution >= 0.6 is 34.7 Å². The minimum Gasteiger partial charge on any atom is -0.374 e. The first kappa shape index (κ1) is 17.1. The summed E-state index contributed by atoms with van der Waals surface area (Å²) in [4.78, 5) is 17.2. The molecule has 0 atom stereocenters. The molecule has 0 radical (unpaired) electrons. The molecule has 132 valence electrons. The van der Waals surface area contributed by atoms with Gasteiger partial charge in [-0.1, -0.05) is 46.8 Å². The number of hydrogen-bond acceptors (Lipinski definition) is 7. The van der Waals surface area contributed by atoms with Crippen LogP contribution in [0.15, 0.2) is 39.5 Å². The van der Waals surface area contributed by atoms with E-state index in [1.54, 1.807) is 0 Å². The average molecular weight is 405 g/mol. The highest BCUT2D eigenvalue weighted by Gasteiger charge is 2.15. The summed E-state index contributed by atoms with van der Waals surface area (Å²) in [5.74, 6) is 0.505. The SMILES string of the molecule is Cc1[nH]n2c(=O)cc(CSc3nnc(N)s3)nc2c1-c1ccc(Cl)cc1. The Balaban J connectivity index is 1.76. The molecule has 0 aliphatic heterocycles. The zero-order valence-corrected chi connectivity index (χ0v) is 16.0. The first-order valence-corrected chi connectivity index (χ1v) is 9.78. The summed E-state index contributed by atoms with van der Waals surface area (Å²) in [6.45, 7) is 1.91. The van der Waals surface area contributed by atoms with E-state index in [2.05, 4.69) is 20.3 Å². The number of nitrogens with two attached hydrogens (primary N) is 1. The van der Waals surface area contributed by atoms with Crippen molar-refractivity contribution in [1.82, 2.24) is 24.8 Å². The highest BCUT2D eigenvalue weighted by Crippen LogP contribution is 2.29. The molecule has 0 fully saturated rings. The quantitative estimate of drug-likeness (QED) is 0.505. The molecule has 0 bridgehead atoms. The Labute approximate surface area is 161 Å². The van der Waals surface area contributed by atoms with Gasteiger partial charge in [-0.2, -0.15) is 0 Å². The second-order valence-electron chi connectivity index (χ2n) is 5.56. The molecule has 4 rings (SSSR count). The monoisotopic (exact) mass is 404 g/mol. The first-order valence-electron chi connectivity index (χ1n) is 7.60. The van der Waals surface area contributed by atoms with Crippen LogP contribution in [-0.4, -0.2) is 24.8 Å². The van der Waals surface area contributed by atoms with Gasteiger partial charge in [-0.05, 0) is 24.6 Å². The van der Waals surface area contributed by atoms with Crippen LogP contribution in [0.3, 0.4) is 0 Å². The number of nitrogens with one attached hydrogen (secondary N) is 1. The lowest BCUT2D eigenvalue weighted by atomic mass is 10.1. The van der Waals surface area contributed by atoms with Crippen molar-refractivity contribution in [3.05, 3.63) is 57.1 Å². The summed E-state index contributed by atoms with van der Waals surface area (Å²) in [5.41, 5.74) is 9.37. The predicted molar refractivity (Wildman–Crippen MR) is 105 cm³/mol. The van der Waals surface area contributed by atoms with Crippen LogP contribution < -0.4 is 11.3 Å². The molecule has 7 nitrogen and oxygen atoms in total. The van der Waals surface area contributed by atoms with Crippen molar-refractivity contribution < 1.29 is 0 Å². The van der Waals surface area contributed by atoms with E-state index in [1.165, 1.54) is 33.7 Å². The molecule has 0 saturated carbocycles. The van der Waals surface area contributed by atoms with Gasteiger partial charge in [-0.25, -0.2) is 9.50 Å². The number of H-pyrrole nitrogens is 1. The molecule has 4 aromatic rings. The standard InChI is InChI=1S/C16H13ClN6OS2/c1-8-13(9-2-4-10(17)5-3-9)14-19-11(6-12(24)23(14)22-8)7-25-16-21-20-15(18)26-16/h2-6,22H,7H2,1H3,(H2,18,20). The van der Waals surface area contributed by atoms with Gasteiger partial charge in [-0.3, -0.25) is 9.89 Å². The van der Waals surface area contributed by atoms with Crippen molar-refractivity contribution >= 4 is 45.5 Å². The fourth-order valence-corrected chi connectivity index (χ4v) is 4.30. The summed E-state index contributed by atoms with van der Waals surface area (Å²) in [7, 11) is 0. The van der Waals surface area contributed by atoms with Crippen LogP contribution in [0.4, 0.5) is 5.13 Å². The smallest absolute Gasteiger partial charge is 0.272 e. The van der Waals surface area contributed by atoms with E-state index < -0.39 is 0 Å². The van der Waals surface area contributed by atoms with Gasteiger partial charge in [-0.15, -0.1) is 10.2 Å². The van der Waals surface area contributed by atoms with Crippen molar-refractivity contribution in [2.45, 2.75) is 17.0 Å². The zero-order valence-electron chi connectivity index (χ0n) is 13.6. The third kappa shape index (κ3) is 3.20. The largest absolute Gasteiger partial charge is 0.374 e. The van der Waals surface area contributed by atoms with Crippen molar-refractivity contribution in [2.24, 2.45) is 0 Å². The van der Waals surface area contributed by atoms with Gasteiger partial charge in [0.25, 0.3) is 5.56 Å². The third-order valence-corrected chi connectivity index (χ3v) is 5.92. The number of nitrogen functional groups attached to an aromatic ring is 1. The maximum atomic E-state index is 12.5. The number of thioether (sulfide) groups is 1. The molecule has 26 heavy (non-hydrogen) atoms. The fourth-order valence-electron chi connectivity index (χ4n) is 2.65. The summed E-state index contributed by atoms with van der Waals surface area (Å²) < 4.78 is 2.20. The van der Waals surface area contributed by atoms with Gasteiger partial charge in [0.05, 0.1) is 5.69 Å². The topological polar surface area (TPSA) is 102 Å². The van der Waals surface area contributed by atoms with Gasteiger partial charge in [0.1, 0.15) is 0 Å². The van der Waals surface area contributed by atoms with Crippen molar-refractivity contribution in [3.63, 3.8) is 0 Å². The molecule has 0 amide bonds. The van der Waals surface area contributed by atoms with E-state index in [0.717, 1.165) is 21.2 Å². The van der Waals surface area contributed by atoms with E-state index in [-0.39, 0.29) is 5.56 Å². The van der Waals surface area contributed by atoms with Crippen molar-refractivity contribution in [1.29, 1.82) is 0 Å². The molecule has 0 spiro atoms. The van der Waals surface area contributed by atoms with Crippen LogP contribution in [0.5, 0.6) is 0 Å². The Hall–Kier alpha value is -2.36. The molecule has 0 aliphatic carbocycles. The van der Waals surface area contributed by atoms with Gasteiger partial charge in [0.15, 0.2) is 9.99 Å². The minimum absolute atomic E-state index is 0.161. The maximum Gasteiger partial charge on any atom is 0.272 e. The van der Waals surface area contributed by atoms with Crippen LogP contribution in [-0.2, 0) is 5.75 Å². The normalized spacial score (nSPS) is 11.3. The molecule has 0 aliphatic rings. The Morgan fingerprint density at radius 1 is 1.31 bits per heavy atom. The van der Waals surface area contributed by atoms with Crippen LogP contribution in [0.1, 0.15) is 11.4 Å². The van der Waals surface area contributed by atoms with Crippen LogP contribution in [0, 0.1) is 6.92 Å². The molecule has 0 unspecified atom stereocenters. The lowest BCUT2D eigenvalue weighted by Crippen LogP contribution is -2.15. The van der Waals surface area contributed by atoms with Crippen LogP contribution in [0.25, 0.3) is 16.8 Å². The third-order valence-electron chi connectivity index (χ3n) is 3.75. The summed E-state index contributed by atoms with van der Waals surface area (Å²) in [6.07, 6.45) is 0. The number of halogens is 1. The molecule has 10 heteroatoms. The van der Waals surface area contributed by atoms with E-state index in [1.807, 2.05) is 31.2 Å². The number of hydrogen-bond donors (Lipinski definition) is 2. The Morgan fingerprint density at radius 3 is 2.77 bits per heavy atom. The minimum atomic E-state index is -0.161. The zero-order chi connectivity index (χ0) is 18.3. The molecule has 3 aromatic heterocycles. The highest BCUT2D eigenvalue weighted by molar-refractivity contribution is 8.00. The van der Waals surface area contributed by atoms with Crippen molar-refractivity contribution in [2.75, 3.05) is 5.73 Å². The highest BCUT2D eigenvalue weighted by atomic mass is 35.5. The lowest BCUT2D eigenvalue weighted by Gasteiger charge is -2.03. The molecule has 1 aromatic carbocycles. The second kappa shape index (κ2) is 6.75.